The number of para-hydroxylation sites is 2. The summed E-state index contributed by atoms with van der Waals surface area (Å²) >= 11 is 0. The number of piperidine rings is 1. The van der Waals surface area contributed by atoms with Crippen molar-refractivity contribution < 1.29 is 9.18 Å². The number of halogens is 1. The fourth-order valence-electron chi connectivity index (χ4n) is 4.45. The van der Waals surface area contributed by atoms with Crippen molar-refractivity contribution in [1.29, 1.82) is 0 Å². The number of amides is 1. The molecule has 5 rings (SSSR count). The summed E-state index contributed by atoms with van der Waals surface area (Å²) in [5, 5.41) is 4.05. The quantitative estimate of drug-likeness (QED) is 0.452. The Labute approximate surface area is 179 Å². The van der Waals surface area contributed by atoms with Crippen molar-refractivity contribution in [3.63, 3.8) is 0 Å². The molecule has 4 aromatic rings. The van der Waals surface area contributed by atoms with Gasteiger partial charge in [-0.2, -0.15) is 0 Å². The molecule has 160 valence electrons. The predicted octanol–water partition coefficient (Wildman–Crippen LogP) is 4.27. The summed E-state index contributed by atoms with van der Waals surface area (Å²) in [5.41, 5.74) is 3.93. The van der Waals surface area contributed by atoms with Crippen LogP contribution in [-0.2, 0) is 11.3 Å². The molecule has 1 fully saturated rings. The molecule has 0 bridgehead atoms. The van der Waals surface area contributed by atoms with Gasteiger partial charge < -0.3 is 15.3 Å². The molecule has 3 heterocycles. The van der Waals surface area contributed by atoms with Crippen LogP contribution in [0.15, 0.2) is 48.7 Å². The lowest BCUT2D eigenvalue weighted by atomic mass is 9.95. The van der Waals surface area contributed by atoms with Crippen LogP contribution in [0.2, 0.25) is 0 Å². The van der Waals surface area contributed by atoms with Crippen molar-refractivity contribution in [3.8, 4) is 0 Å². The second kappa shape index (κ2) is 8.15. The third kappa shape index (κ3) is 4.05. The molecular formula is C24H26FN5O. The fourth-order valence-corrected chi connectivity index (χ4v) is 4.45. The molecule has 1 unspecified atom stereocenters. The van der Waals surface area contributed by atoms with E-state index in [4.69, 9.17) is 0 Å². The van der Waals surface area contributed by atoms with E-state index >= 15 is 0 Å². The lowest BCUT2D eigenvalue weighted by molar-refractivity contribution is -0.127. The van der Waals surface area contributed by atoms with Crippen molar-refractivity contribution in [1.82, 2.24) is 25.2 Å². The van der Waals surface area contributed by atoms with E-state index in [9.17, 15) is 9.18 Å². The molecule has 1 amide bonds. The van der Waals surface area contributed by atoms with Crippen molar-refractivity contribution in [3.05, 3.63) is 65.9 Å². The summed E-state index contributed by atoms with van der Waals surface area (Å²) in [6, 6.07) is 12.5. The van der Waals surface area contributed by atoms with Gasteiger partial charge in [-0.15, -0.1) is 0 Å². The van der Waals surface area contributed by atoms with Gasteiger partial charge in [-0.05, 0) is 68.8 Å². The zero-order valence-electron chi connectivity index (χ0n) is 17.5. The van der Waals surface area contributed by atoms with Crippen LogP contribution >= 0.6 is 0 Å². The molecule has 1 aliphatic heterocycles. The smallest absolute Gasteiger partial charge is 0.223 e. The van der Waals surface area contributed by atoms with Crippen LogP contribution in [0.1, 0.15) is 37.2 Å². The Morgan fingerprint density at radius 1 is 1.23 bits per heavy atom. The van der Waals surface area contributed by atoms with Crippen LogP contribution in [0.5, 0.6) is 0 Å². The number of aromatic nitrogens is 3. The second-order valence-electron chi connectivity index (χ2n) is 8.42. The average molecular weight is 420 g/mol. The van der Waals surface area contributed by atoms with Crippen LogP contribution < -0.4 is 5.32 Å². The van der Waals surface area contributed by atoms with Gasteiger partial charge in [0, 0.05) is 29.6 Å². The maximum atomic E-state index is 13.6. The zero-order chi connectivity index (χ0) is 21.4. The number of benzene rings is 2. The number of nitrogens with zero attached hydrogens (tertiary/aromatic N) is 2. The number of H-pyrrole nitrogens is 2. The van der Waals surface area contributed by atoms with Crippen LogP contribution in [0, 0.1) is 11.7 Å². The summed E-state index contributed by atoms with van der Waals surface area (Å²) in [6.07, 6.45) is 3.59. The Morgan fingerprint density at radius 2 is 2.03 bits per heavy atom. The Balaban J connectivity index is 1.17. The Bertz CT molecular complexity index is 1190. The summed E-state index contributed by atoms with van der Waals surface area (Å²) < 4.78 is 13.6. The van der Waals surface area contributed by atoms with Gasteiger partial charge in [0.2, 0.25) is 5.91 Å². The number of nitrogens with one attached hydrogen (secondary N) is 3. The largest absolute Gasteiger partial charge is 0.361 e. The predicted molar refractivity (Wildman–Crippen MR) is 119 cm³/mol. The molecule has 0 spiro atoms. The first-order valence-electron chi connectivity index (χ1n) is 10.8. The highest BCUT2D eigenvalue weighted by atomic mass is 19.1. The number of aromatic amines is 2. The Kier molecular flexibility index (Phi) is 5.19. The van der Waals surface area contributed by atoms with Crippen molar-refractivity contribution in [2.45, 2.75) is 32.4 Å². The van der Waals surface area contributed by atoms with E-state index in [2.05, 4.69) is 25.2 Å². The highest BCUT2D eigenvalue weighted by molar-refractivity contribution is 5.83. The number of hydrogen-bond donors (Lipinski definition) is 3. The monoisotopic (exact) mass is 419 g/mol. The lowest BCUT2D eigenvalue weighted by Gasteiger charge is -2.31. The molecule has 6 nitrogen and oxygen atoms in total. The Morgan fingerprint density at radius 3 is 2.84 bits per heavy atom. The summed E-state index contributed by atoms with van der Waals surface area (Å²) in [5.74, 6) is 0.645. The molecule has 0 aliphatic carbocycles. The summed E-state index contributed by atoms with van der Waals surface area (Å²) in [7, 11) is 0. The zero-order valence-corrected chi connectivity index (χ0v) is 17.5. The van der Waals surface area contributed by atoms with Crippen LogP contribution in [-0.4, -0.2) is 38.8 Å². The second-order valence-corrected chi connectivity index (χ2v) is 8.42. The van der Waals surface area contributed by atoms with Gasteiger partial charge in [-0.3, -0.25) is 9.69 Å². The lowest BCUT2D eigenvalue weighted by Crippen LogP contribution is -2.41. The molecule has 7 heteroatoms. The molecule has 3 N–H and O–H groups in total. The van der Waals surface area contributed by atoms with Gasteiger partial charge in [-0.1, -0.05) is 12.1 Å². The topological polar surface area (TPSA) is 76.8 Å². The minimum Gasteiger partial charge on any atom is -0.361 e. The van der Waals surface area contributed by atoms with Crippen LogP contribution in [0.4, 0.5) is 4.39 Å². The van der Waals surface area contributed by atoms with Crippen molar-refractivity contribution >= 4 is 27.8 Å². The molecular weight excluding hydrogens is 393 g/mol. The maximum Gasteiger partial charge on any atom is 0.223 e. The third-order valence-corrected chi connectivity index (χ3v) is 6.26. The normalized spacial score (nSPS) is 16.7. The number of carbonyl (C=O) groups excluding carboxylic acids is 1. The van der Waals surface area contributed by atoms with Crippen LogP contribution in [0.25, 0.3) is 21.9 Å². The standard InChI is InChI=1S/C24H26FN5O/c1-15(23-28-21-4-2-3-5-22(21)29-23)27-24(31)16-8-10-30(11-9-16)14-17-13-26-20-7-6-18(25)12-19(17)20/h2-7,12-13,15-16,26H,8-11,14H2,1H3,(H,27,31)(H,28,29). The van der Waals surface area contributed by atoms with Gasteiger partial charge in [0.15, 0.2) is 0 Å². The van der Waals surface area contributed by atoms with E-state index in [1.807, 2.05) is 37.4 Å². The Hall–Kier alpha value is -3.19. The van der Waals surface area contributed by atoms with Crippen LogP contribution in [0.3, 0.4) is 0 Å². The molecule has 0 radical (unpaired) electrons. The number of rotatable bonds is 5. The van der Waals surface area contributed by atoms with E-state index < -0.39 is 0 Å². The van der Waals surface area contributed by atoms with Gasteiger partial charge >= 0.3 is 0 Å². The highest BCUT2D eigenvalue weighted by Crippen LogP contribution is 2.25. The minimum absolute atomic E-state index is 0.00323. The van der Waals surface area contributed by atoms with E-state index in [1.165, 1.54) is 6.07 Å². The summed E-state index contributed by atoms with van der Waals surface area (Å²) in [4.78, 5) is 26.2. The van der Waals surface area contributed by atoms with E-state index in [1.54, 1.807) is 12.1 Å². The molecule has 2 aromatic heterocycles. The number of hydrogen-bond acceptors (Lipinski definition) is 3. The number of fused-ring (bicyclic) bond motifs is 2. The molecule has 1 aliphatic rings. The summed E-state index contributed by atoms with van der Waals surface area (Å²) in [6.45, 7) is 4.41. The molecule has 2 aromatic carbocycles. The minimum atomic E-state index is -0.220. The average Bonchev–Trinajstić information content (AvgIpc) is 3.38. The number of carbonyl (C=O) groups is 1. The van der Waals surface area contributed by atoms with E-state index in [-0.39, 0.29) is 23.7 Å². The van der Waals surface area contributed by atoms with E-state index in [0.717, 1.165) is 65.8 Å². The maximum absolute atomic E-state index is 13.6. The SMILES string of the molecule is CC(NC(=O)C1CCN(Cc2c[nH]c3ccc(F)cc23)CC1)c1nc2ccccc2[nH]1. The van der Waals surface area contributed by atoms with Crippen molar-refractivity contribution in [2.24, 2.45) is 5.92 Å². The first-order chi connectivity index (χ1) is 15.1. The highest BCUT2D eigenvalue weighted by Gasteiger charge is 2.27. The number of likely N-dealkylation sites (tertiary alicyclic amines) is 1. The molecule has 1 atom stereocenters. The third-order valence-electron chi connectivity index (χ3n) is 6.26. The fraction of sp³-hybridized carbons (Fsp3) is 0.333. The molecule has 1 saturated heterocycles. The first kappa shape index (κ1) is 19.8. The first-order valence-corrected chi connectivity index (χ1v) is 10.8. The van der Waals surface area contributed by atoms with Gasteiger partial charge in [0.05, 0.1) is 17.1 Å². The molecule has 31 heavy (non-hydrogen) atoms. The van der Waals surface area contributed by atoms with E-state index in [0.29, 0.717) is 0 Å². The van der Waals surface area contributed by atoms with Gasteiger partial charge in [0.1, 0.15) is 11.6 Å². The molecule has 0 saturated carbocycles. The number of imidazole rings is 1. The van der Waals surface area contributed by atoms with Crippen molar-refractivity contribution in [2.75, 3.05) is 13.1 Å². The van der Waals surface area contributed by atoms with Gasteiger partial charge in [-0.25, -0.2) is 9.37 Å². The van der Waals surface area contributed by atoms with Gasteiger partial charge in [0.25, 0.3) is 0 Å².